The van der Waals surface area contributed by atoms with Crippen LogP contribution in [0.25, 0.3) is 5.65 Å². The molecule has 0 saturated carbocycles. The van der Waals surface area contributed by atoms with E-state index >= 15 is 0 Å². The Labute approximate surface area is 174 Å². The number of pyridine rings is 1. The molecule has 158 valence electrons. The number of piperidine rings is 1. The number of ether oxygens (including phenoxy) is 1. The lowest BCUT2D eigenvalue weighted by atomic mass is 9.99. The third kappa shape index (κ3) is 3.79. The minimum absolute atomic E-state index is 0.0752. The maximum Gasteiger partial charge on any atom is 0.350 e. The first-order chi connectivity index (χ1) is 14.7. The van der Waals surface area contributed by atoms with E-state index in [0.29, 0.717) is 36.4 Å². The van der Waals surface area contributed by atoms with Crippen molar-refractivity contribution in [3.8, 4) is 0 Å². The molecule has 4 heterocycles. The van der Waals surface area contributed by atoms with E-state index in [1.165, 1.54) is 18.9 Å². The van der Waals surface area contributed by atoms with Gasteiger partial charge in [0.2, 0.25) is 0 Å². The molecule has 0 radical (unpaired) electrons. The highest BCUT2D eigenvalue weighted by Gasteiger charge is 2.40. The summed E-state index contributed by atoms with van der Waals surface area (Å²) in [4.78, 5) is 15.0. The first kappa shape index (κ1) is 19.5. The van der Waals surface area contributed by atoms with E-state index < -0.39 is 0 Å². The summed E-state index contributed by atoms with van der Waals surface area (Å²) in [6.07, 6.45) is 7.24. The second kappa shape index (κ2) is 8.32. The Kier molecular flexibility index (Phi) is 5.39. The van der Waals surface area contributed by atoms with Gasteiger partial charge in [0.1, 0.15) is 5.82 Å². The van der Waals surface area contributed by atoms with Crippen LogP contribution in [0.4, 0.5) is 4.39 Å². The van der Waals surface area contributed by atoms with Gasteiger partial charge in [-0.25, -0.2) is 13.9 Å². The Balaban J connectivity index is 1.14. The van der Waals surface area contributed by atoms with Gasteiger partial charge in [-0.1, -0.05) is 24.3 Å². The van der Waals surface area contributed by atoms with Gasteiger partial charge in [-0.15, -0.1) is 5.10 Å². The predicted molar refractivity (Wildman–Crippen MR) is 112 cm³/mol. The first-order valence-electron chi connectivity index (χ1n) is 10.8. The molecule has 3 aromatic rings. The van der Waals surface area contributed by atoms with Crippen LogP contribution in [-0.4, -0.2) is 43.8 Å². The zero-order chi connectivity index (χ0) is 20.5. The molecule has 7 heteroatoms. The molecule has 2 bridgehead atoms. The Morgan fingerprint density at radius 2 is 1.80 bits per heavy atom. The lowest BCUT2D eigenvalue weighted by molar-refractivity contribution is -0.0293. The van der Waals surface area contributed by atoms with E-state index in [-0.39, 0.29) is 17.6 Å². The fourth-order valence-electron chi connectivity index (χ4n) is 5.07. The molecular weight excluding hydrogens is 383 g/mol. The molecule has 0 N–H and O–H groups in total. The summed E-state index contributed by atoms with van der Waals surface area (Å²) in [5.74, 6) is -0.194. The third-order valence-corrected chi connectivity index (χ3v) is 6.55. The molecule has 1 aromatic carbocycles. The quantitative estimate of drug-likeness (QED) is 0.600. The zero-order valence-electron chi connectivity index (χ0n) is 17.0. The fourth-order valence-corrected chi connectivity index (χ4v) is 5.07. The summed E-state index contributed by atoms with van der Waals surface area (Å²) in [6, 6.07) is 13.5. The Morgan fingerprint density at radius 3 is 2.57 bits per heavy atom. The highest BCUT2D eigenvalue weighted by Crippen LogP contribution is 2.37. The molecule has 2 saturated heterocycles. The van der Waals surface area contributed by atoms with E-state index in [0.717, 1.165) is 25.8 Å². The van der Waals surface area contributed by atoms with E-state index in [1.807, 2.05) is 24.3 Å². The molecule has 0 amide bonds. The van der Waals surface area contributed by atoms with Gasteiger partial charge < -0.3 is 4.74 Å². The van der Waals surface area contributed by atoms with Gasteiger partial charge >= 0.3 is 5.69 Å². The minimum atomic E-state index is -0.194. The van der Waals surface area contributed by atoms with Crippen molar-refractivity contribution >= 4 is 5.65 Å². The zero-order valence-corrected chi connectivity index (χ0v) is 17.0. The summed E-state index contributed by atoms with van der Waals surface area (Å²) < 4.78 is 23.1. The number of benzene rings is 1. The number of aryl methyl sites for hydroxylation is 1. The maximum atomic E-state index is 13.8. The molecule has 0 spiro atoms. The van der Waals surface area contributed by atoms with E-state index in [9.17, 15) is 9.18 Å². The fraction of sp³-hybridized carbons (Fsp3) is 0.478. The topological polar surface area (TPSA) is 51.8 Å². The molecule has 2 aromatic heterocycles. The SMILES string of the molecule is O=c1n(CCCN2C3CCC2CC(OCc2ccccc2F)C3)nc2ccccn12. The van der Waals surface area contributed by atoms with Crippen molar-refractivity contribution in [2.45, 2.75) is 63.4 Å². The Hall–Kier alpha value is -2.51. The smallest absolute Gasteiger partial charge is 0.350 e. The summed E-state index contributed by atoms with van der Waals surface area (Å²) in [5, 5.41) is 4.42. The van der Waals surface area contributed by atoms with Gasteiger partial charge in [0.25, 0.3) is 0 Å². The van der Waals surface area contributed by atoms with Crippen molar-refractivity contribution in [1.82, 2.24) is 19.1 Å². The van der Waals surface area contributed by atoms with Crippen molar-refractivity contribution in [3.63, 3.8) is 0 Å². The summed E-state index contributed by atoms with van der Waals surface area (Å²) in [7, 11) is 0. The van der Waals surface area contributed by atoms with Gasteiger partial charge in [-0.3, -0.25) is 9.30 Å². The molecule has 6 nitrogen and oxygen atoms in total. The predicted octanol–water partition coefficient (Wildman–Crippen LogP) is 3.24. The van der Waals surface area contributed by atoms with E-state index in [2.05, 4.69) is 10.00 Å². The van der Waals surface area contributed by atoms with Crippen molar-refractivity contribution in [1.29, 1.82) is 0 Å². The molecule has 0 aliphatic carbocycles. The van der Waals surface area contributed by atoms with Crippen molar-refractivity contribution < 1.29 is 9.13 Å². The van der Waals surface area contributed by atoms with Crippen LogP contribution in [0.5, 0.6) is 0 Å². The van der Waals surface area contributed by atoms with Crippen molar-refractivity contribution in [2.75, 3.05) is 6.54 Å². The van der Waals surface area contributed by atoms with Crippen LogP contribution in [0.15, 0.2) is 53.5 Å². The number of rotatable bonds is 7. The monoisotopic (exact) mass is 410 g/mol. The van der Waals surface area contributed by atoms with Crippen LogP contribution in [0, 0.1) is 5.82 Å². The molecule has 2 atom stereocenters. The number of hydrogen-bond acceptors (Lipinski definition) is 4. The van der Waals surface area contributed by atoms with Gasteiger partial charge in [-0.05, 0) is 50.3 Å². The van der Waals surface area contributed by atoms with Crippen LogP contribution in [-0.2, 0) is 17.9 Å². The highest BCUT2D eigenvalue weighted by atomic mass is 19.1. The second-order valence-electron chi connectivity index (χ2n) is 8.41. The molecule has 2 unspecified atom stereocenters. The largest absolute Gasteiger partial charge is 0.373 e. The lowest BCUT2D eigenvalue weighted by Gasteiger charge is -2.38. The average molecular weight is 410 g/mol. The number of hydrogen-bond donors (Lipinski definition) is 0. The standard InChI is InChI=1S/C23H27FN4O2/c24-21-7-2-1-6-17(21)16-30-20-14-18-9-10-19(15-20)26(18)12-5-13-28-23(29)27-11-4-3-8-22(27)25-28/h1-4,6-8,11,18-20H,5,9-10,12-16H2. The molecule has 30 heavy (non-hydrogen) atoms. The van der Waals surface area contributed by atoms with Gasteiger partial charge in [0.05, 0.1) is 12.7 Å². The van der Waals surface area contributed by atoms with Crippen LogP contribution < -0.4 is 5.69 Å². The summed E-state index contributed by atoms with van der Waals surface area (Å²) in [6.45, 7) is 1.94. The van der Waals surface area contributed by atoms with Gasteiger partial charge in [0, 0.05) is 36.9 Å². The average Bonchev–Trinajstić information content (AvgIpc) is 3.19. The van der Waals surface area contributed by atoms with Crippen molar-refractivity contribution in [3.05, 3.63) is 70.5 Å². The number of halogens is 1. The normalized spacial score (nSPS) is 24.0. The molecule has 2 aliphatic rings. The van der Waals surface area contributed by atoms with E-state index in [1.54, 1.807) is 27.4 Å². The number of nitrogens with zero attached hydrogens (tertiary/aromatic N) is 4. The Bertz CT molecular complexity index is 1060. The Morgan fingerprint density at radius 1 is 1.03 bits per heavy atom. The summed E-state index contributed by atoms with van der Waals surface area (Å²) in [5.41, 5.74) is 1.24. The van der Waals surface area contributed by atoms with E-state index in [4.69, 9.17) is 4.74 Å². The first-order valence-corrected chi connectivity index (χ1v) is 10.8. The van der Waals surface area contributed by atoms with Crippen LogP contribution in [0.2, 0.25) is 0 Å². The van der Waals surface area contributed by atoms with Gasteiger partial charge in [-0.2, -0.15) is 0 Å². The van der Waals surface area contributed by atoms with Crippen LogP contribution >= 0.6 is 0 Å². The van der Waals surface area contributed by atoms with Crippen LogP contribution in [0.1, 0.15) is 37.7 Å². The third-order valence-electron chi connectivity index (χ3n) is 6.55. The molecule has 2 aliphatic heterocycles. The van der Waals surface area contributed by atoms with Crippen molar-refractivity contribution in [2.24, 2.45) is 0 Å². The highest BCUT2D eigenvalue weighted by molar-refractivity contribution is 5.35. The van der Waals surface area contributed by atoms with Gasteiger partial charge in [0.15, 0.2) is 5.65 Å². The number of aromatic nitrogens is 3. The minimum Gasteiger partial charge on any atom is -0.373 e. The second-order valence-corrected chi connectivity index (χ2v) is 8.41. The number of fused-ring (bicyclic) bond motifs is 3. The lowest BCUT2D eigenvalue weighted by Crippen LogP contribution is -2.46. The molecule has 2 fully saturated rings. The van der Waals surface area contributed by atoms with Crippen LogP contribution in [0.3, 0.4) is 0 Å². The molecule has 5 rings (SSSR count). The summed E-state index contributed by atoms with van der Waals surface area (Å²) >= 11 is 0. The maximum absolute atomic E-state index is 13.8. The molecular formula is C23H27FN4O2.